The van der Waals surface area contributed by atoms with Crippen molar-refractivity contribution in [3.8, 4) is 5.75 Å². The molecule has 3 N–H and O–H groups in total. The molecule has 0 aliphatic carbocycles. The van der Waals surface area contributed by atoms with Gasteiger partial charge >= 0.3 is 0 Å². The van der Waals surface area contributed by atoms with Gasteiger partial charge < -0.3 is 25.1 Å². The van der Waals surface area contributed by atoms with Crippen LogP contribution < -0.4 is 15.8 Å². The summed E-state index contributed by atoms with van der Waals surface area (Å²) in [6, 6.07) is 9.45. The van der Waals surface area contributed by atoms with Gasteiger partial charge in [-0.1, -0.05) is 12.1 Å². The predicted octanol–water partition coefficient (Wildman–Crippen LogP) is 2.61. The number of furan rings is 1. The summed E-state index contributed by atoms with van der Waals surface area (Å²) in [7, 11) is 1.85. The van der Waals surface area contributed by atoms with Crippen LogP contribution >= 0.6 is 24.0 Å². The van der Waals surface area contributed by atoms with Gasteiger partial charge in [0.1, 0.15) is 18.9 Å². The minimum Gasteiger partial charge on any atom is -0.489 e. The van der Waals surface area contributed by atoms with Crippen LogP contribution in [0.4, 0.5) is 4.39 Å². The monoisotopic (exact) mass is 490 g/mol. The molecule has 27 heavy (non-hydrogen) atoms. The molecular formula is C18H24FIN4O3. The summed E-state index contributed by atoms with van der Waals surface area (Å²) < 4.78 is 24.3. The molecule has 0 atom stereocenters. The Morgan fingerprint density at radius 1 is 1.33 bits per heavy atom. The number of likely N-dealkylation sites (N-methyl/N-ethyl adjacent to an activating group) is 1. The Labute approximate surface area is 174 Å². The topological polar surface area (TPSA) is 93.1 Å². The Balaban J connectivity index is 0.00000364. The van der Waals surface area contributed by atoms with Gasteiger partial charge in [0.15, 0.2) is 23.3 Å². The molecule has 148 valence electrons. The number of halogens is 2. The number of hydrogen-bond donors (Lipinski definition) is 2. The SMILES string of the molecule is CCNC(=NCc1ccc(C(N)=O)o1)N(C)CCOc1ccccc1F.I. The third kappa shape index (κ3) is 7.08. The molecule has 0 aliphatic rings. The van der Waals surface area contributed by atoms with Crippen molar-refractivity contribution >= 4 is 35.8 Å². The van der Waals surface area contributed by atoms with Crippen LogP contribution in [-0.2, 0) is 6.54 Å². The fourth-order valence-electron chi connectivity index (χ4n) is 2.18. The molecule has 7 nitrogen and oxygen atoms in total. The molecule has 2 rings (SSSR count). The van der Waals surface area contributed by atoms with Crippen LogP contribution in [0.25, 0.3) is 0 Å². The van der Waals surface area contributed by atoms with Gasteiger partial charge in [0.05, 0.1) is 6.54 Å². The molecule has 1 aromatic carbocycles. The van der Waals surface area contributed by atoms with Crippen molar-refractivity contribution in [1.29, 1.82) is 0 Å². The first kappa shape index (κ1) is 22.7. The number of nitrogens with zero attached hydrogens (tertiary/aromatic N) is 2. The second kappa shape index (κ2) is 11.4. The van der Waals surface area contributed by atoms with E-state index in [9.17, 15) is 9.18 Å². The first-order valence-electron chi connectivity index (χ1n) is 8.26. The number of nitrogens with two attached hydrogens (primary N) is 1. The Kier molecular flexibility index (Phi) is 9.62. The van der Waals surface area contributed by atoms with Crippen molar-refractivity contribution in [2.24, 2.45) is 10.7 Å². The second-order valence-corrected chi connectivity index (χ2v) is 5.50. The molecular weight excluding hydrogens is 466 g/mol. The average molecular weight is 490 g/mol. The molecule has 0 radical (unpaired) electrons. The van der Waals surface area contributed by atoms with Crippen LogP contribution in [0, 0.1) is 5.82 Å². The van der Waals surface area contributed by atoms with E-state index in [1.165, 1.54) is 12.1 Å². The van der Waals surface area contributed by atoms with Crippen molar-refractivity contribution < 1.29 is 18.3 Å². The van der Waals surface area contributed by atoms with E-state index in [4.69, 9.17) is 14.9 Å². The highest BCUT2D eigenvalue weighted by Gasteiger charge is 2.09. The highest BCUT2D eigenvalue weighted by Crippen LogP contribution is 2.15. The normalized spacial score (nSPS) is 10.9. The number of aliphatic imine (C=N–C) groups is 1. The van der Waals surface area contributed by atoms with E-state index < -0.39 is 5.91 Å². The molecule has 1 amide bonds. The molecule has 0 saturated heterocycles. The number of primary amides is 1. The minimum absolute atomic E-state index is 0. The number of guanidine groups is 1. The van der Waals surface area contributed by atoms with Gasteiger partial charge in [-0.25, -0.2) is 9.38 Å². The lowest BCUT2D eigenvalue weighted by molar-refractivity contribution is 0.0972. The van der Waals surface area contributed by atoms with Crippen LogP contribution in [0.5, 0.6) is 5.75 Å². The summed E-state index contributed by atoms with van der Waals surface area (Å²) >= 11 is 0. The standard InChI is InChI=1S/C18H23FN4O3.HI/c1-3-21-18(22-12-13-8-9-16(26-13)17(20)24)23(2)10-11-25-15-7-5-4-6-14(15)19;/h4-9H,3,10-12H2,1-2H3,(H2,20,24)(H,21,22);1H. The Hall–Kier alpha value is -2.30. The van der Waals surface area contributed by atoms with Gasteiger partial charge in [0.25, 0.3) is 5.91 Å². The van der Waals surface area contributed by atoms with Crippen LogP contribution in [0.2, 0.25) is 0 Å². The fourth-order valence-corrected chi connectivity index (χ4v) is 2.18. The Morgan fingerprint density at radius 2 is 2.07 bits per heavy atom. The smallest absolute Gasteiger partial charge is 0.284 e. The minimum atomic E-state index is -0.616. The molecule has 0 aliphatic heterocycles. The van der Waals surface area contributed by atoms with E-state index in [1.807, 2.05) is 18.9 Å². The molecule has 2 aromatic rings. The number of carbonyl (C=O) groups is 1. The lowest BCUT2D eigenvalue weighted by Gasteiger charge is -2.22. The molecule has 0 saturated carbocycles. The number of carbonyl (C=O) groups excluding carboxylic acids is 1. The van der Waals surface area contributed by atoms with Crippen LogP contribution in [0.1, 0.15) is 23.2 Å². The average Bonchev–Trinajstić information content (AvgIpc) is 3.09. The van der Waals surface area contributed by atoms with E-state index in [2.05, 4.69) is 10.3 Å². The summed E-state index contributed by atoms with van der Waals surface area (Å²) in [6.07, 6.45) is 0. The maximum Gasteiger partial charge on any atom is 0.284 e. The Morgan fingerprint density at radius 3 is 2.70 bits per heavy atom. The van der Waals surface area contributed by atoms with Crippen molar-refractivity contribution in [2.45, 2.75) is 13.5 Å². The van der Waals surface area contributed by atoms with Crippen molar-refractivity contribution in [3.05, 3.63) is 53.7 Å². The summed E-state index contributed by atoms with van der Waals surface area (Å²) in [5.41, 5.74) is 5.16. The predicted molar refractivity (Wildman–Crippen MR) is 112 cm³/mol. The first-order valence-corrected chi connectivity index (χ1v) is 8.26. The number of hydrogen-bond acceptors (Lipinski definition) is 4. The number of amides is 1. The fraction of sp³-hybridized carbons (Fsp3) is 0.333. The number of nitrogens with one attached hydrogen (secondary N) is 1. The van der Waals surface area contributed by atoms with E-state index in [1.54, 1.807) is 24.3 Å². The van der Waals surface area contributed by atoms with Gasteiger partial charge in [0, 0.05) is 13.6 Å². The maximum atomic E-state index is 13.5. The number of benzene rings is 1. The number of para-hydroxylation sites is 1. The molecule has 0 unspecified atom stereocenters. The highest BCUT2D eigenvalue weighted by atomic mass is 127. The molecule has 0 fully saturated rings. The number of ether oxygens (including phenoxy) is 1. The van der Waals surface area contributed by atoms with E-state index in [-0.39, 0.29) is 47.8 Å². The van der Waals surface area contributed by atoms with Crippen molar-refractivity contribution in [3.63, 3.8) is 0 Å². The lowest BCUT2D eigenvalue weighted by atomic mass is 10.3. The molecule has 9 heteroatoms. The van der Waals surface area contributed by atoms with Gasteiger partial charge in [-0.15, -0.1) is 24.0 Å². The number of rotatable bonds is 8. The molecule has 1 heterocycles. The van der Waals surface area contributed by atoms with E-state index in [0.29, 0.717) is 31.4 Å². The summed E-state index contributed by atoms with van der Waals surface area (Å²) in [5, 5.41) is 3.16. The maximum absolute atomic E-state index is 13.5. The largest absolute Gasteiger partial charge is 0.489 e. The third-order valence-corrected chi connectivity index (χ3v) is 3.51. The molecule has 0 bridgehead atoms. The summed E-state index contributed by atoms with van der Waals surface area (Å²) in [5.74, 6) is 0.490. The van der Waals surface area contributed by atoms with Gasteiger partial charge in [-0.2, -0.15) is 0 Å². The third-order valence-electron chi connectivity index (χ3n) is 3.51. The molecule has 0 spiro atoms. The van der Waals surface area contributed by atoms with Crippen molar-refractivity contribution in [2.75, 3.05) is 26.7 Å². The van der Waals surface area contributed by atoms with Crippen molar-refractivity contribution in [1.82, 2.24) is 10.2 Å². The lowest BCUT2D eigenvalue weighted by Crippen LogP contribution is -2.40. The first-order chi connectivity index (χ1) is 12.5. The van der Waals surface area contributed by atoms with Crippen LogP contribution in [0.3, 0.4) is 0 Å². The van der Waals surface area contributed by atoms with E-state index >= 15 is 0 Å². The van der Waals surface area contributed by atoms with E-state index in [0.717, 1.165) is 0 Å². The second-order valence-electron chi connectivity index (χ2n) is 5.50. The Bertz CT molecular complexity index is 767. The zero-order valence-electron chi connectivity index (χ0n) is 15.3. The van der Waals surface area contributed by atoms with Gasteiger partial charge in [0.2, 0.25) is 0 Å². The van der Waals surface area contributed by atoms with Crippen LogP contribution in [-0.4, -0.2) is 43.5 Å². The summed E-state index contributed by atoms with van der Waals surface area (Å²) in [6.45, 7) is 3.70. The van der Waals surface area contributed by atoms with Crippen LogP contribution in [0.15, 0.2) is 45.8 Å². The summed E-state index contributed by atoms with van der Waals surface area (Å²) in [4.78, 5) is 17.4. The zero-order chi connectivity index (χ0) is 18.9. The molecule has 1 aromatic heterocycles. The van der Waals surface area contributed by atoms with Gasteiger partial charge in [-0.3, -0.25) is 4.79 Å². The quantitative estimate of drug-likeness (QED) is 0.337. The zero-order valence-corrected chi connectivity index (χ0v) is 17.6. The highest BCUT2D eigenvalue weighted by molar-refractivity contribution is 14.0. The van der Waals surface area contributed by atoms with Gasteiger partial charge in [-0.05, 0) is 31.2 Å².